The summed E-state index contributed by atoms with van der Waals surface area (Å²) in [6.45, 7) is 0. The second-order valence-electron chi connectivity index (χ2n) is 6.11. The van der Waals surface area contributed by atoms with Gasteiger partial charge in [0.05, 0.1) is 11.4 Å². The van der Waals surface area contributed by atoms with Gasteiger partial charge in [0.1, 0.15) is 15.8 Å². The zero-order valence-electron chi connectivity index (χ0n) is 13.7. The summed E-state index contributed by atoms with van der Waals surface area (Å²) in [6.07, 6.45) is 4.19. The maximum atomic E-state index is 9.42. The highest BCUT2D eigenvalue weighted by molar-refractivity contribution is 7.20. The fourth-order valence-corrected chi connectivity index (χ4v) is 5.93. The minimum atomic E-state index is 0.553. The zero-order chi connectivity index (χ0) is 17.7. The Bertz CT molecular complexity index is 1190. The molecule has 26 heavy (non-hydrogen) atoms. The van der Waals surface area contributed by atoms with E-state index in [-0.39, 0.29) is 0 Å². The Morgan fingerprint density at radius 2 is 2.00 bits per heavy atom. The SMILES string of the molecule is N#Cc1sc2nc3c(c(-c4cccs4)c2c1N)CCC3=Cc1cccs1. The lowest BCUT2D eigenvalue weighted by Crippen LogP contribution is -1.94. The molecule has 4 aromatic rings. The summed E-state index contributed by atoms with van der Waals surface area (Å²) >= 11 is 4.84. The average Bonchev–Trinajstić information content (AvgIpc) is 3.42. The molecule has 0 bridgehead atoms. The largest absolute Gasteiger partial charge is 0.396 e. The quantitative estimate of drug-likeness (QED) is 0.454. The van der Waals surface area contributed by atoms with E-state index in [0.29, 0.717) is 10.6 Å². The molecule has 0 spiro atoms. The standard InChI is InChI=1S/C20H13N3S3/c21-10-15-18(22)17-16(14-4-2-8-25-14)13-6-5-11(9-12-3-1-7-24-12)19(13)23-20(17)26-15/h1-4,7-9H,5-6,22H2. The normalized spacial score (nSPS) is 14.8. The highest BCUT2D eigenvalue weighted by atomic mass is 32.1. The summed E-state index contributed by atoms with van der Waals surface area (Å²) < 4.78 is 0. The Labute approximate surface area is 162 Å². The predicted octanol–water partition coefficient (Wildman–Crippen LogP) is 6.03. The van der Waals surface area contributed by atoms with Crippen molar-refractivity contribution in [2.75, 3.05) is 5.73 Å². The average molecular weight is 392 g/mol. The van der Waals surface area contributed by atoms with Crippen molar-refractivity contribution < 1.29 is 0 Å². The monoisotopic (exact) mass is 391 g/mol. The first-order chi connectivity index (χ1) is 12.8. The minimum absolute atomic E-state index is 0.553. The number of rotatable bonds is 2. The Morgan fingerprint density at radius 1 is 1.15 bits per heavy atom. The summed E-state index contributed by atoms with van der Waals surface area (Å²) in [5.41, 5.74) is 11.7. The molecule has 5 rings (SSSR count). The number of fused-ring (bicyclic) bond motifs is 2. The number of nitriles is 1. The van der Waals surface area contributed by atoms with E-state index in [1.54, 1.807) is 22.7 Å². The third-order valence-electron chi connectivity index (χ3n) is 4.65. The molecule has 0 radical (unpaired) electrons. The Balaban J connectivity index is 1.84. The van der Waals surface area contributed by atoms with Crippen molar-refractivity contribution in [2.45, 2.75) is 12.8 Å². The Morgan fingerprint density at radius 3 is 2.73 bits per heavy atom. The number of allylic oxidation sites excluding steroid dienone is 1. The topological polar surface area (TPSA) is 62.7 Å². The molecule has 0 saturated heterocycles. The second kappa shape index (κ2) is 6.06. The second-order valence-corrected chi connectivity index (χ2v) is 9.04. The number of thiophene rings is 3. The van der Waals surface area contributed by atoms with Crippen LogP contribution in [0.4, 0.5) is 5.69 Å². The number of hydrogen-bond donors (Lipinski definition) is 1. The van der Waals surface area contributed by atoms with Crippen LogP contribution in [0.3, 0.4) is 0 Å². The first-order valence-corrected chi connectivity index (χ1v) is 10.8. The molecule has 0 unspecified atom stereocenters. The lowest BCUT2D eigenvalue weighted by atomic mass is 10.0. The number of hydrogen-bond acceptors (Lipinski definition) is 6. The lowest BCUT2D eigenvalue weighted by Gasteiger charge is -2.09. The number of nitrogens with two attached hydrogens (primary N) is 1. The molecule has 4 heterocycles. The molecule has 0 fully saturated rings. The third-order valence-corrected chi connectivity index (χ3v) is 7.37. The van der Waals surface area contributed by atoms with Crippen molar-refractivity contribution in [2.24, 2.45) is 0 Å². The number of aromatic nitrogens is 1. The minimum Gasteiger partial charge on any atom is -0.396 e. The molecule has 4 aromatic heterocycles. The van der Waals surface area contributed by atoms with Crippen LogP contribution in [0.5, 0.6) is 0 Å². The van der Waals surface area contributed by atoms with Crippen LogP contribution in [-0.4, -0.2) is 4.98 Å². The molecular formula is C20H13N3S3. The van der Waals surface area contributed by atoms with Gasteiger partial charge < -0.3 is 5.73 Å². The maximum Gasteiger partial charge on any atom is 0.130 e. The van der Waals surface area contributed by atoms with Crippen LogP contribution in [0.25, 0.3) is 32.3 Å². The zero-order valence-corrected chi connectivity index (χ0v) is 16.1. The summed E-state index contributed by atoms with van der Waals surface area (Å²) in [6, 6.07) is 10.6. The molecule has 1 aliphatic carbocycles. The highest BCUT2D eigenvalue weighted by Gasteiger charge is 2.27. The van der Waals surface area contributed by atoms with E-state index in [1.807, 2.05) is 0 Å². The van der Waals surface area contributed by atoms with Gasteiger partial charge in [-0.05, 0) is 52.9 Å². The number of pyridine rings is 1. The van der Waals surface area contributed by atoms with Gasteiger partial charge in [-0.2, -0.15) is 5.26 Å². The first kappa shape index (κ1) is 15.8. The van der Waals surface area contributed by atoms with Crippen molar-refractivity contribution in [1.29, 1.82) is 5.26 Å². The number of nitrogen functional groups attached to an aromatic ring is 1. The van der Waals surface area contributed by atoms with Gasteiger partial charge in [-0.25, -0.2) is 4.98 Å². The van der Waals surface area contributed by atoms with E-state index in [4.69, 9.17) is 10.7 Å². The number of nitrogens with zero attached hydrogens (tertiary/aromatic N) is 2. The van der Waals surface area contributed by atoms with E-state index in [2.05, 4.69) is 47.2 Å². The van der Waals surface area contributed by atoms with E-state index < -0.39 is 0 Å². The molecule has 0 aliphatic heterocycles. The first-order valence-electron chi connectivity index (χ1n) is 8.19. The van der Waals surface area contributed by atoms with Crippen LogP contribution in [0, 0.1) is 11.3 Å². The van der Waals surface area contributed by atoms with E-state index in [0.717, 1.165) is 28.8 Å². The molecule has 2 N–H and O–H groups in total. The molecule has 3 nitrogen and oxygen atoms in total. The van der Waals surface area contributed by atoms with Gasteiger partial charge in [0.15, 0.2) is 0 Å². The highest BCUT2D eigenvalue weighted by Crippen LogP contribution is 2.47. The van der Waals surface area contributed by atoms with Crippen molar-refractivity contribution in [3.8, 4) is 16.5 Å². The molecular weight excluding hydrogens is 378 g/mol. The summed E-state index contributed by atoms with van der Waals surface area (Å²) in [5, 5.41) is 14.5. The van der Waals surface area contributed by atoms with Gasteiger partial charge in [-0.15, -0.1) is 34.0 Å². The molecule has 0 aromatic carbocycles. The molecule has 126 valence electrons. The maximum absolute atomic E-state index is 9.42. The van der Waals surface area contributed by atoms with Crippen LogP contribution in [0.1, 0.15) is 27.4 Å². The van der Waals surface area contributed by atoms with E-state index in [9.17, 15) is 5.26 Å². The summed E-state index contributed by atoms with van der Waals surface area (Å²) in [7, 11) is 0. The Hall–Kier alpha value is -2.46. The molecule has 6 heteroatoms. The van der Waals surface area contributed by atoms with Crippen molar-refractivity contribution >= 4 is 61.6 Å². The van der Waals surface area contributed by atoms with E-state index >= 15 is 0 Å². The van der Waals surface area contributed by atoms with Crippen molar-refractivity contribution in [3.05, 3.63) is 56.0 Å². The van der Waals surface area contributed by atoms with Gasteiger partial charge in [0.2, 0.25) is 0 Å². The van der Waals surface area contributed by atoms with Crippen LogP contribution in [0.15, 0.2) is 35.0 Å². The van der Waals surface area contributed by atoms with Gasteiger partial charge in [-0.3, -0.25) is 0 Å². The lowest BCUT2D eigenvalue weighted by molar-refractivity contribution is 1.09. The smallest absolute Gasteiger partial charge is 0.130 e. The predicted molar refractivity (Wildman–Crippen MR) is 113 cm³/mol. The van der Waals surface area contributed by atoms with Gasteiger partial charge in [0, 0.05) is 20.7 Å². The third kappa shape index (κ3) is 2.32. The fourth-order valence-electron chi connectivity index (χ4n) is 3.54. The van der Waals surface area contributed by atoms with Gasteiger partial charge in [-0.1, -0.05) is 12.1 Å². The van der Waals surface area contributed by atoms with Gasteiger partial charge >= 0.3 is 0 Å². The van der Waals surface area contributed by atoms with Gasteiger partial charge in [0.25, 0.3) is 0 Å². The Kier molecular flexibility index (Phi) is 3.68. The molecule has 0 saturated carbocycles. The van der Waals surface area contributed by atoms with Crippen molar-refractivity contribution in [1.82, 2.24) is 4.98 Å². The van der Waals surface area contributed by atoms with Crippen LogP contribution < -0.4 is 5.73 Å². The van der Waals surface area contributed by atoms with Crippen LogP contribution in [0.2, 0.25) is 0 Å². The van der Waals surface area contributed by atoms with Crippen molar-refractivity contribution in [3.63, 3.8) is 0 Å². The van der Waals surface area contributed by atoms with Crippen LogP contribution >= 0.6 is 34.0 Å². The van der Waals surface area contributed by atoms with E-state index in [1.165, 1.54) is 37.8 Å². The molecule has 0 atom stereocenters. The molecule has 0 amide bonds. The van der Waals surface area contributed by atoms with Crippen LogP contribution in [-0.2, 0) is 6.42 Å². The summed E-state index contributed by atoms with van der Waals surface area (Å²) in [4.78, 5) is 8.80. The number of anilines is 1. The molecule has 1 aliphatic rings. The fraction of sp³-hybridized carbons (Fsp3) is 0.100. The summed E-state index contributed by atoms with van der Waals surface area (Å²) in [5.74, 6) is 0.